The Morgan fingerprint density at radius 3 is 2.69 bits per heavy atom. The smallest absolute Gasteiger partial charge is 0.256 e. The Kier molecular flexibility index (Phi) is 5.07. The van der Waals surface area contributed by atoms with Gasteiger partial charge in [-0.1, -0.05) is 12.1 Å². The monoisotopic (exact) mass is 442 g/mol. The van der Waals surface area contributed by atoms with Crippen molar-refractivity contribution in [1.82, 2.24) is 24.5 Å². The zero-order valence-electron chi connectivity index (χ0n) is 18.0. The highest BCUT2D eigenvalue weighted by Crippen LogP contribution is 2.23. The second-order valence-electron chi connectivity index (χ2n) is 7.77. The van der Waals surface area contributed by atoms with E-state index in [0.717, 1.165) is 28.2 Å². The Balaban J connectivity index is 1.46. The van der Waals surface area contributed by atoms with E-state index in [-0.39, 0.29) is 5.91 Å². The molecule has 0 aliphatic heterocycles. The number of fused-ring (bicyclic) bond motifs is 1. The summed E-state index contributed by atoms with van der Waals surface area (Å²) in [5.74, 6) is -0.193. The molecule has 8 heteroatoms. The first-order chi connectivity index (χ1) is 15.5. The molecule has 0 saturated heterocycles. The second-order valence-corrected chi connectivity index (χ2v) is 8.81. The highest BCUT2D eigenvalue weighted by Gasteiger charge is 2.17. The van der Waals surface area contributed by atoms with Crippen molar-refractivity contribution in [3.8, 4) is 5.69 Å². The Labute approximate surface area is 189 Å². The fourth-order valence-corrected chi connectivity index (χ4v) is 4.52. The summed E-state index contributed by atoms with van der Waals surface area (Å²) < 4.78 is 3.71. The summed E-state index contributed by atoms with van der Waals surface area (Å²) in [6, 6.07) is 15.6. The summed E-state index contributed by atoms with van der Waals surface area (Å²) in [4.78, 5) is 19.1. The van der Waals surface area contributed by atoms with Crippen molar-refractivity contribution < 1.29 is 4.79 Å². The van der Waals surface area contributed by atoms with Gasteiger partial charge in [0.2, 0.25) is 0 Å². The highest BCUT2D eigenvalue weighted by atomic mass is 32.1. The maximum absolute atomic E-state index is 13.2. The quantitative estimate of drug-likeness (QED) is 0.420. The van der Waals surface area contributed by atoms with Crippen LogP contribution in [0, 0.1) is 20.8 Å². The van der Waals surface area contributed by atoms with E-state index in [2.05, 4.69) is 26.6 Å². The predicted octanol–water partition coefficient (Wildman–Crippen LogP) is 4.90. The normalized spacial score (nSPS) is 11.2. The van der Waals surface area contributed by atoms with Crippen molar-refractivity contribution in [2.75, 3.05) is 5.32 Å². The fourth-order valence-electron chi connectivity index (χ4n) is 3.83. The highest BCUT2D eigenvalue weighted by molar-refractivity contribution is 7.09. The van der Waals surface area contributed by atoms with Gasteiger partial charge >= 0.3 is 0 Å². The standard InChI is InChI=1S/C24H22N6OS/c1-15-11-21(22-13-25-29(23(22)26-15)14-20-8-5-9-32-20)24(31)27-18-6-4-7-19(12-18)30-17(3)10-16(2)28-30/h4-13H,14H2,1-3H3,(H,27,31). The molecule has 0 bridgehead atoms. The largest absolute Gasteiger partial charge is 0.322 e. The molecule has 1 N–H and O–H groups in total. The van der Waals surface area contributed by atoms with Crippen molar-refractivity contribution >= 4 is 34.0 Å². The van der Waals surface area contributed by atoms with E-state index in [1.165, 1.54) is 4.88 Å². The Morgan fingerprint density at radius 1 is 1.06 bits per heavy atom. The lowest BCUT2D eigenvalue weighted by atomic mass is 10.1. The van der Waals surface area contributed by atoms with Gasteiger partial charge in [-0.25, -0.2) is 14.3 Å². The second kappa shape index (κ2) is 8.05. The molecule has 1 aromatic carbocycles. The van der Waals surface area contributed by atoms with Crippen LogP contribution in [0.1, 0.15) is 32.3 Å². The molecule has 7 nitrogen and oxygen atoms in total. The summed E-state index contributed by atoms with van der Waals surface area (Å²) in [5.41, 5.74) is 5.62. The first-order valence-corrected chi connectivity index (χ1v) is 11.2. The summed E-state index contributed by atoms with van der Waals surface area (Å²) in [6.45, 7) is 6.49. The van der Waals surface area contributed by atoms with Crippen LogP contribution in [0.4, 0.5) is 5.69 Å². The van der Waals surface area contributed by atoms with Crippen LogP contribution in [0.25, 0.3) is 16.7 Å². The molecule has 0 aliphatic carbocycles. The van der Waals surface area contributed by atoms with Crippen LogP contribution >= 0.6 is 11.3 Å². The Bertz CT molecular complexity index is 1430. The zero-order valence-corrected chi connectivity index (χ0v) is 18.8. The van der Waals surface area contributed by atoms with Gasteiger partial charge in [0.1, 0.15) is 0 Å². The van der Waals surface area contributed by atoms with Crippen molar-refractivity contribution in [2.24, 2.45) is 0 Å². The molecule has 32 heavy (non-hydrogen) atoms. The lowest BCUT2D eigenvalue weighted by Crippen LogP contribution is -2.13. The summed E-state index contributed by atoms with van der Waals surface area (Å²) in [6.07, 6.45) is 1.72. The van der Waals surface area contributed by atoms with E-state index < -0.39 is 0 Å². The molecule has 0 aliphatic rings. The van der Waals surface area contributed by atoms with Crippen LogP contribution in [0.15, 0.2) is 60.1 Å². The molecule has 4 heterocycles. The molecule has 160 valence electrons. The van der Waals surface area contributed by atoms with Gasteiger partial charge < -0.3 is 5.32 Å². The predicted molar refractivity (Wildman–Crippen MR) is 127 cm³/mol. The Hall–Kier alpha value is -3.78. The number of aryl methyl sites for hydroxylation is 3. The molecule has 5 aromatic rings. The average Bonchev–Trinajstić information content (AvgIpc) is 3.49. The van der Waals surface area contributed by atoms with E-state index in [1.54, 1.807) is 23.6 Å². The maximum Gasteiger partial charge on any atom is 0.256 e. The first kappa shape index (κ1) is 20.1. The third-order valence-corrected chi connectivity index (χ3v) is 6.09. The third-order valence-electron chi connectivity index (χ3n) is 5.23. The number of hydrogen-bond donors (Lipinski definition) is 1. The van der Waals surface area contributed by atoms with Gasteiger partial charge in [-0.05, 0) is 62.5 Å². The molecule has 0 atom stereocenters. The van der Waals surface area contributed by atoms with Crippen LogP contribution in [-0.4, -0.2) is 30.5 Å². The van der Waals surface area contributed by atoms with Gasteiger partial charge in [-0.15, -0.1) is 11.3 Å². The van der Waals surface area contributed by atoms with E-state index in [9.17, 15) is 4.79 Å². The number of amides is 1. The number of benzene rings is 1. The third kappa shape index (κ3) is 3.80. The van der Waals surface area contributed by atoms with E-state index >= 15 is 0 Å². The number of thiophene rings is 1. The van der Waals surface area contributed by atoms with Gasteiger partial charge in [0.15, 0.2) is 5.65 Å². The van der Waals surface area contributed by atoms with Crippen LogP contribution in [0.5, 0.6) is 0 Å². The van der Waals surface area contributed by atoms with Gasteiger partial charge in [-0.2, -0.15) is 10.2 Å². The number of carbonyl (C=O) groups excluding carboxylic acids is 1. The molecule has 0 fully saturated rings. The average molecular weight is 443 g/mol. The molecule has 0 unspecified atom stereocenters. The Morgan fingerprint density at radius 2 is 1.94 bits per heavy atom. The molecule has 0 saturated carbocycles. The van der Waals surface area contributed by atoms with E-state index in [4.69, 9.17) is 0 Å². The zero-order chi connectivity index (χ0) is 22.2. The number of pyridine rings is 1. The van der Waals surface area contributed by atoms with E-state index in [1.807, 2.05) is 71.9 Å². The topological polar surface area (TPSA) is 77.6 Å². The van der Waals surface area contributed by atoms with Gasteiger partial charge in [0.25, 0.3) is 5.91 Å². The molecule has 5 rings (SSSR count). The van der Waals surface area contributed by atoms with Crippen LogP contribution in [-0.2, 0) is 6.54 Å². The van der Waals surface area contributed by atoms with Crippen LogP contribution < -0.4 is 5.32 Å². The molecule has 1 amide bonds. The molecule has 0 radical (unpaired) electrons. The molecule has 0 spiro atoms. The lowest BCUT2D eigenvalue weighted by Gasteiger charge is -2.10. The maximum atomic E-state index is 13.2. The minimum atomic E-state index is -0.193. The summed E-state index contributed by atoms with van der Waals surface area (Å²) >= 11 is 1.67. The number of rotatable bonds is 5. The summed E-state index contributed by atoms with van der Waals surface area (Å²) in [5, 5.41) is 14.8. The number of anilines is 1. The molecular formula is C24H22N6OS. The fraction of sp³-hybridized carbons (Fsp3) is 0.167. The first-order valence-electron chi connectivity index (χ1n) is 10.3. The minimum absolute atomic E-state index is 0.193. The van der Waals surface area contributed by atoms with Crippen LogP contribution in [0.3, 0.4) is 0 Å². The number of carbonyl (C=O) groups is 1. The van der Waals surface area contributed by atoms with Crippen molar-refractivity contribution in [2.45, 2.75) is 27.3 Å². The van der Waals surface area contributed by atoms with Crippen LogP contribution in [0.2, 0.25) is 0 Å². The van der Waals surface area contributed by atoms with Crippen molar-refractivity contribution in [3.05, 3.63) is 87.6 Å². The van der Waals surface area contributed by atoms with Gasteiger partial charge in [-0.3, -0.25) is 4.79 Å². The number of nitrogens with zero attached hydrogens (tertiary/aromatic N) is 5. The van der Waals surface area contributed by atoms with Crippen molar-refractivity contribution in [1.29, 1.82) is 0 Å². The van der Waals surface area contributed by atoms with Crippen molar-refractivity contribution in [3.63, 3.8) is 0 Å². The van der Waals surface area contributed by atoms with E-state index in [0.29, 0.717) is 23.4 Å². The number of nitrogens with one attached hydrogen (secondary N) is 1. The lowest BCUT2D eigenvalue weighted by molar-refractivity contribution is 0.102. The number of aromatic nitrogens is 5. The minimum Gasteiger partial charge on any atom is -0.322 e. The molecule has 4 aromatic heterocycles. The van der Waals surface area contributed by atoms with Gasteiger partial charge in [0, 0.05) is 22.0 Å². The number of hydrogen-bond acceptors (Lipinski definition) is 5. The summed E-state index contributed by atoms with van der Waals surface area (Å²) in [7, 11) is 0. The van der Waals surface area contributed by atoms with Gasteiger partial charge in [0.05, 0.1) is 35.1 Å². The molecular weight excluding hydrogens is 420 g/mol. The SMILES string of the molecule is Cc1cc(C(=O)Nc2cccc(-n3nc(C)cc3C)c2)c2cnn(Cc3cccs3)c2n1.